The lowest BCUT2D eigenvalue weighted by Crippen LogP contribution is -2.48. The number of imide groups is 1. The van der Waals surface area contributed by atoms with E-state index < -0.39 is 29.7 Å². The number of unbranched alkanes of at least 4 members (excludes halogenated alkanes) is 2. The van der Waals surface area contributed by atoms with Crippen molar-refractivity contribution in [2.75, 3.05) is 18.8 Å². The average molecular weight is 596 g/mol. The van der Waals surface area contributed by atoms with E-state index in [1.54, 1.807) is 17.0 Å². The van der Waals surface area contributed by atoms with Gasteiger partial charge in [-0.25, -0.2) is 9.78 Å². The molecule has 1 aromatic heterocycles. The Balaban J connectivity index is 1.54. The van der Waals surface area contributed by atoms with Crippen LogP contribution in [0.25, 0.3) is 0 Å². The van der Waals surface area contributed by atoms with Gasteiger partial charge in [-0.3, -0.25) is 24.0 Å². The van der Waals surface area contributed by atoms with Gasteiger partial charge in [-0.05, 0) is 48.1 Å². The van der Waals surface area contributed by atoms with Crippen molar-refractivity contribution in [3.63, 3.8) is 0 Å². The van der Waals surface area contributed by atoms with Crippen molar-refractivity contribution in [1.82, 2.24) is 26.0 Å². The number of carbonyl (C=O) groups excluding carboxylic acids is 6. The number of carbonyl (C=O) groups is 6. The van der Waals surface area contributed by atoms with Crippen LogP contribution >= 0.6 is 21.6 Å². The van der Waals surface area contributed by atoms with Crippen molar-refractivity contribution in [2.24, 2.45) is 5.92 Å². The van der Waals surface area contributed by atoms with Crippen LogP contribution in [0.3, 0.4) is 0 Å². The van der Waals surface area contributed by atoms with Crippen molar-refractivity contribution < 1.29 is 33.6 Å². The number of pyridine rings is 1. The van der Waals surface area contributed by atoms with Gasteiger partial charge in [0, 0.05) is 44.2 Å². The topological polar surface area (TPSA) is 164 Å². The number of hydrogen-bond donors (Lipinski definition) is 3. The summed E-state index contributed by atoms with van der Waals surface area (Å²) in [6.07, 6.45) is 4.61. The highest BCUT2D eigenvalue weighted by Crippen LogP contribution is 2.29. The largest absolute Gasteiger partial charge is 0.356 e. The third kappa shape index (κ3) is 13.3. The maximum atomic E-state index is 12.5. The molecule has 220 valence electrons. The number of nitrogens with zero attached hydrogens (tertiary/aromatic N) is 2. The van der Waals surface area contributed by atoms with Crippen LogP contribution in [0, 0.1) is 5.92 Å². The third-order valence-corrected chi connectivity index (χ3v) is 7.82. The van der Waals surface area contributed by atoms with Gasteiger partial charge < -0.3 is 20.8 Å². The summed E-state index contributed by atoms with van der Waals surface area (Å²) in [6.45, 7) is 3.89. The summed E-state index contributed by atoms with van der Waals surface area (Å²) >= 11 is 0. The summed E-state index contributed by atoms with van der Waals surface area (Å²) in [5, 5.41) is 9.24. The molecule has 1 aromatic rings. The minimum Gasteiger partial charge on any atom is -0.356 e. The minimum absolute atomic E-state index is 0.0114. The van der Waals surface area contributed by atoms with Crippen molar-refractivity contribution in [3.05, 3.63) is 24.4 Å². The van der Waals surface area contributed by atoms with Gasteiger partial charge in [0.05, 0.1) is 6.54 Å². The Morgan fingerprint density at radius 3 is 2.38 bits per heavy atom. The van der Waals surface area contributed by atoms with E-state index in [0.29, 0.717) is 30.2 Å². The van der Waals surface area contributed by atoms with E-state index in [9.17, 15) is 28.8 Å². The molecule has 1 aliphatic heterocycles. The molecule has 1 fully saturated rings. The van der Waals surface area contributed by atoms with Gasteiger partial charge in [0.1, 0.15) is 11.1 Å². The van der Waals surface area contributed by atoms with Crippen molar-refractivity contribution >= 4 is 57.1 Å². The van der Waals surface area contributed by atoms with Crippen LogP contribution in [-0.4, -0.2) is 70.4 Å². The molecule has 1 saturated heterocycles. The fraction of sp³-hybridized carbons (Fsp3) is 0.577. The van der Waals surface area contributed by atoms with Crippen LogP contribution in [0.5, 0.6) is 0 Å². The van der Waals surface area contributed by atoms with E-state index in [1.807, 2.05) is 32.0 Å². The average Bonchev–Trinajstić information content (AvgIpc) is 3.23. The van der Waals surface area contributed by atoms with Crippen LogP contribution in [0.1, 0.15) is 65.2 Å². The fourth-order valence-corrected chi connectivity index (χ4v) is 5.41. The molecule has 0 bridgehead atoms. The van der Waals surface area contributed by atoms with Gasteiger partial charge in [-0.2, -0.15) is 0 Å². The fourth-order valence-electron chi connectivity index (χ4n) is 3.55. The van der Waals surface area contributed by atoms with Gasteiger partial charge in [0.25, 0.3) is 11.8 Å². The molecule has 40 heavy (non-hydrogen) atoms. The molecule has 0 saturated carbocycles. The molecule has 2 rings (SSSR count). The number of aromatic nitrogens is 1. The Morgan fingerprint density at radius 2 is 1.70 bits per heavy atom. The van der Waals surface area contributed by atoms with E-state index in [0.717, 1.165) is 17.9 Å². The summed E-state index contributed by atoms with van der Waals surface area (Å²) in [6, 6.07) is 4.62. The van der Waals surface area contributed by atoms with Crippen LogP contribution in [0.15, 0.2) is 29.4 Å². The maximum absolute atomic E-state index is 12.5. The van der Waals surface area contributed by atoms with Crippen molar-refractivity contribution in [3.8, 4) is 0 Å². The predicted octanol–water partition coefficient (Wildman–Crippen LogP) is 2.14. The monoisotopic (exact) mass is 595 g/mol. The Morgan fingerprint density at radius 1 is 0.975 bits per heavy atom. The zero-order valence-electron chi connectivity index (χ0n) is 22.8. The smallest absolute Gasteiger partial charge is 0.355 e. The van der Waals surface area contributed by atoms with Gasteiger partial charge in [0.15, 0.2) is 0 Å². The molecule has 5 amide bonds. The summed E-state index contributed by atoms with van der Waals surface area (Å²) in [4.78, 5) is 81.4. The van der Waals surface area contributed by atoms with Crippen LogP contribution in [0.4, 0.5) is 0 Å². The summed E-state index contributed by atoms with van der Waals surface area (Å²) in [7, 11) is 3.11. The van der Waals surface area contributed by atoms with Crippen LogP contribution < -0.4 is 16.0 Å². The predicted molar refractivity (Wildman–Crippen MR) is 150 cm³/mol. The number of rotatable bonds is 18. The SMILES string of the molecule is CC(C)C[C@H](NC(=O)CNC(=O)CCCCCNC(=O)CCSSc1ccccn1)C(=O)ON1C(=O)CCC1=O. The molecule has 3 N–H and O–H groups in total. The lowest BCUT2D eigenvalue weighted by atomic mass is 10.0. The first-order chi connectivity index (χ1) is 19.2. The molecule has 12 nitrogen and oxygen atoms in total. The second-order valence-corrected chi connectivity index (χ2v) is 11.9. The highest BCUT2D eigenvalue weighted by molar-refractivity contribution is 8.76. The number of hydroxylamine groups is 2. The van der Waals surface area contributed by atoms with E-state index >= 15 is 0 Å². The highest BCUT2D eigenvalue weighted by atomic mass is 33.1. The van der Waals surface area contributed by atoms with E-state index in [2.05, 4.69) is 20.9 Å². The van der Waals surface area contributed by atoms with E-state index in [-0.39, 0.29) is 50.0 Å². The summed E-state index contributed by atoms with van der Waals surface area (Å²) < 4.78 is 0. The number of amides is 5. The Bertz CT molecular complexity index is 1010. The molecule has 2 heterocycles. The zero-order chi connectivity index (χ0) is 29.3. The summed E-state index contributed by atoms with van der Waals surface area (Å²) in [5.74, 6) is -2.34. The lowest BCUT2D eigenvalue weighted by molar-refractivity contribution is -0.199. The Hall–Kier alpha value is -3.13. The normalized spacial score (nSPS) is 13.7. The van der Waals surface area contributed by atoms with Gasteiger partial charge in [-0.15, -0.1) is 5.06 Å². The first-order valence-corrected chi connectivity index (χ1v) is 15.6. The highest BCUT2D eigenvalue weighted by Gasteiger charge is 2.35. The minimum atomic E-state index is -1.07. The van der Waals surface area contributed by atoms with Crippen LogP contribution in [-0.2, 0) is 33.6 Å². The van der Waals surface area contributed by atoms with Crippen molar-refractivity contribution in [2.45, 2.75) is 76.3 Å². The molecule has 1 atom stereocenters. The first-order valence-electron chi connectivity index (χ1n) is 13.3. The summed E-state index contributed by atoms with van der Waals surface area (Å²) in [5.41, 5.74) is 0. The molecule has 1 aliphatic rings. The third-order valence-electron chi connectivity index (χ3n) is 5.56. The molecule has 0 unspecified atom stereocenters. The maximum Gasteiger partial charge on any atom is 0.355 e. The second-order valence-electron chi connectivity index (χ2n) is 9.50. The van der Waals surface area contributed by atoms with Gasteiger partial charge >= 0.3 is 5.97 Å². The van der Waals surface area contributed by atoms with Gasteiger partial charge in [0.2, 0.25) is 17.7 Å². The molecule has 14 heteroatoms. The molecular formula is C26H37N5O7S2. The standard InChI is InChI=1S/C26H37N5O7S2/c1-18(2)16-19(26(37)38-31-24(35)10-11-25(31)36)30-22(34)17-29-20(32)8-4-3-6-13-27-21(33)12-15-39-40-23-9-5-7-14-28-23/h5,7,9,14,18-19H,3-4,6,8,10-13,15-17H2,1-2H3,(H,27,33)(H,29,32)(H,30,34)/t19-/m0/s1. The molecule has 0 aliphatic carbocycles. The van der Waals surface area contributed by atoms with Crippen molar-refractivity contribution in [1.29, 1.82) is 0 Å². The first kappa shape index (κ1) is 33.1. The quantitative estimate of drug-likeness (QED) is 0.130. The molecule has 0 spiro atoms. The number of hydrogen-bond acceptors (Lipinski definition) is 10. The van der Waals surface area contributed by atoms with E-state index in [1.165, 1.54) is 10.8 Å². The molecule has 0 aromatic carbocycles. The molecular weight excluding hydrogens is 558 g/mol. The Kier molecular flexibility index (Phi) is 15.1. The Labute approximate surface area is 241 Å². The number of nitrogens with one attached hydrogen (secondary N) is 3. The lowest BCUT2D eigenvalue weighted by Gasteiger charge is -2.21. The van der Waals surface area contributed by atoms with Gasteiger partial charge in [-0.1, -0.05) is 37.1 Å². The second kappa shape index (κ2) is 18.3. The van der Waals surface area contributed by atoms with Crippen LogP contribution in [0.2, 0.25) is 0 Å². The van der Waals surface area contributed by atoms with E-state index in [4.69, 9.17) is 4.84 Å². The molecule has 0 radical (unpaired) electrons. The zero-order valence-corrected chi connectivity index (χ0v) is 24.4.